The first kappa shape index (κ1) is 12.6. The van der Waals surface area contributed by atoms with E-state index in [0.717, 1.165) is 18.7 Å². The van der Waals surface area contributed by atoms with Crippen LogP contribution in [0.2, 0.25) is 0 Å². The van der Waals surface area contributed by atoms with Gasteiger partial charge in [0, 0.05) is 24.2 Å². The number of nitrogens with one attached hydrogen (secondary N) is 1. The Hall–Kier alpha value is -1.88. The molecule has 0 saturated carbocycles. The van der Waals surface area contributed by atoms with Crippen molar-refractivity contribution < 1.29 is 14.4 Å². The van der Waals surface area contributed by atoms with Crippen molar-refractivity contribution in [3.8, 4) is 0 Å². The Morgan fingerprint density at radius 3 is 3.00 bits per heavy atom. The van der Waals surface area contributed by atoms with E-state index in [0.29, 0.717) is 18.6 Å². The molecule has 1 fully saturated rings. The van der Waals surface area contributed by atoms with Gasteiger partial charge in [-0.25, -0.2) is 5.48 Å². The van der Waals surface area contributed by atoms with Crippen LogP contribution in [0.25, 0.3) is 0 Å². The van der Waals surface area contributed by atoms with Crippen molar-refractivity contribution in [3.63, 3.8) is 0 Å². The number of benzene rings is 1. The molecule has 1 aliphatic heterocycles. The van der Waals surface area contributed by atoms with Crippen LogP contribution < -0.4 is 10.4 Å². The summed E-state index contributed by atoms with van der Waals surface area (Å²) in [7, 11) is 0. The summed E-state index contributed by atoms with van der Waals surface area (Å²) in [4.78, 5) is 29.9. The number of rotatable bonds is 4. The van der Waals surface area contributed by atoms with Crippen LogP contribution in [0.15, 0.2) is 24.3 Å². The zero-order valence-electron chi connectivity index (χ0n) is 10.3. The molecule has 1 heterocycles. The molecule has 1 saturated heterocycles. The fourth-order valence-corrected chi connectivity index (χ4v) is 1.93. The molecule has 18 heavy (non-hydrogen) atoms. The molecule has 5 heteroatoms. The van der Waals surface area contributed by atoms with Crippen molar-refractivity contribution in [2.24, 2.45) is 0 Å². The van der Waals surface area contributed by atoms with Crippen molar-refractivity contribution in [2.75, 3.05) is 18.1 Å². The highest BCUT2D eigenvalue weighted by molar-refractivity contribution is 5.98. The molecule has 1 N–H and O–H groups in total. The quantitative estimate of drug-likeness (QED) is 0.821. The third-order valence-corrected chi connectivity index (χ3v) is 2.80. The largest absolute Gasteiger partial charge is 0.312 e. The molecule has 0 radical (unpaired) electrons. The van der Waals surface area contributed by atoms with Gasteiger partial charge in [0.2, 0.25) is 5.91 Å². The van der Waals surface area contributed by atoms with E-state index in [1.807, 2.05) is 6.07 Å². The first-order valence-corrected chi connectivity index (χ1v) is 6.05. The minimum Gasteiger partial charge on any atom is -0.312 e. The number of hydrogen-bond acceptors (Lipinski definition) is 3. The molecule has 0 aliphatic carbocycles. The van der Waals surface area contributed by atoms with E-state index in [1.165, 1.54) is 0 Å². The molecule has 0 aromatic heterocycles. The molecule has 1 aliphatic rings. The highest BCUT2D eigenvalue weighted by Gasteiger charge is 2.22. The van der Waals surface area contributed by atoms with Gasteiger partial charge >= 0.3 is 0 Å². The summed E-state index contributed by atoms with van der Waals surface area (Å²) in [6.07, 6.45) is 1.45. The van der Waals surface area contributed by atoms with Crippen molar-refractivity contribution in [1.29, 1.82) is 0 Å². The van der Waals surface area contributed by atoms with Crippen LogP contribution >= 0.6 is 0 Å². The Labute approximate surface area is 106 Å². The summed E-state index contributed by atoms with van der Waals surface area (Å²) in [5.74, 6) is -0.192. The molecule has 1 aromatic rings. The second-order valence-corrected chi connectivity index (χ2v) is 4.06. The number of hydroxylamine groups is 1. The van der Waals surface area contributed by atoms with Gasteiger partial charge in [0.25, 0.3) is 5.91 Å². The second-order valence-electron chi connectivity index (χ2n) is 4.06. The summed E-state index contributed by atoms with van der Waals surface area (Å²) in [6.45, 7) is 2.92. The van der Waals surface area contributed by atoms with Gasteiger partial charge in [0.05, 0.1) is 6.61 Å². The Kier molecular flexibility index (Phi) is 3.94. The van der Waals surface area contributed by atoms with E-state index >= 15 is 0 Å². The number of hydrogen-bond donors (Lipinski definition) is 1. The molecule has 0 bridgehead atoms. The number of carbonyl (C=O) groups excluding carboxylic acids is 2. The van der Waals surface area contributed by atoms with Crippen molar-refractivity contribution >= 4 is 17.5 Å². The molecular weight excluding hydrogens is 232 g/mol. The van der Waals surface area contributed by atoms with Crippen LogP contribution in [0, 0.1) is 0 Å². The van der Waals surface area contributed by atoms with Crippen LogP contribution in [0.5, 0.6) is 0 Å². The van der Waals surface area contributed by atoms with Gasteiger partial charge in [-0.2, -0.15) is 0 Å². The smallest absolute Gasteiger partial charge is 0.274 e. The van der Waals surface area contributed by atoms with Gasteiger partial charge < -0.3 is 4.90 Å². The van der Waals surface area contributed by atoms with Gasteiger partial charge in [0.15, 0.2) is 0 Å². The van der Waals surface area contributed by atoms with Crippen LogP contribution in [0.4, 0.5) is 5.69 Å². The summed E-state index contributed by atoms with van der Waals surface area (Å²) >= 11 is 0. The molecule has 96 valence electrons. The standard InChI is InChI=1S/C13H16N2O3/c1-2-18-14-13(17)10-5-3-6-11(9-10)15-8-4-7-12(15)16/h3,5-6,9H,2,4,7-8H2,1H3,(H,14,17). The average Bonchev–Trinajstić information content (AvgIpc) is 2.82. The topological polar surface area (TPSA) is 58.6 Å². The minimum atomic E-state index is -0.301. The van der Waals surface area contributed by atoms with Gasteiger partial charge in [-0.3, -0.25) is 14.4 Å². The number of anilines is 1. The van der Waals surface area contributed by atoms with Gasteiger partial charge in [0.1, 0.15) is 0 Å². The summed E-state index contributed by atoms with van der Waals surface area (Å²) in [6, 6.07) is 7.00. The van der Waals surface area contributed by atoms with Gasteiger partial charge in [-0.15, -0.1) is 0 Å². The predicted octanol–water partition coefficient (Wildman–Crippen LogP) is 1.49. The highest BCUT2D eigenvalue weighted by Crippen LogP contribution is 2.22. The Balaban J connectivity index is 2.14. The third-order valence-electron chi connectivity index (χ3n) is 2.80. The van der Waals surface area contributed by atoms with Crippen LogP contribution in [-0.4, -0.2) is 25.0 Å². The van der Waals surface area contributed by atoms with E-state index in [2.05, 4.69) is 5.48 Å². The van der Waals surface area contributed by atoms with Gasteiger partial charge in [-0.05, 0) is 31.5 Å². The maximum Gasteiger partial charge on any atom is 0.274 e. The van der Waals surface area contributed by atoms with Gasteiger partial charge in [-0.1, -0.05) is 6.07 Å². The minimum absolute atomic E-state index is 0.109. The lowest BCUT2D eigenvalue weighted by atomic mass is 10.2. The monoisotopic (exact) mass is 248 g/mol. The lowest BCUT2D eigenvalue weighted by Gasteiger charge is -2.16. The summed E-state index contributed by atoms with van der Waals surface area (Å²) in [5, 5.41) is 0. The van der Waals surface area contributed by atoms with Crippen LogP contribution in [0.3, 0.4) is 0 Å². The second kappa shape index (κ2) is 5.64. The molecule has 0 spiro atoms. The van der Waals surface area contributed by atoms with Crippen LogP contribution in [0.1, 0.15) is 30.1 Å². The van der Waals surface area contributed by atoms with Crippen molar-refractivity contribution in [3.05, 3.63) is 29.8 Å². The third kappa shape index (κ3) is 2.68. The molecule has 5 nitrogen and oxygen atoms in total. The highest BCUT2D eigenvalue weighted by atomic mass is 16.6. The molecule has 1 aromatic carbocycles. The maximum atomic E-state index is 11.7. The molecule has 0 atom stereocenters. The normalized spacial score (nSPS) is 14.9. The molecule has 2 rings (SSSR count). The van der Waals surface area contributed by atoms with E-state index in [-0.39, 0.29) is 11.8 Å². The van der Waals surface area contributed by atoms with E-state index in [9.17, 15) is 9.59 Å². The van der Waals surface area contributed by atoms with E-state index in [4.69, 9.17) is 4.84 Å². The molecule has 2 amide bonds. The predicted molar refractivity (Wildman–Crippen MR) is 67.1 cm³/mol. The fraction of sp³-hybridized carbons (Fsp3) is 0.385. The van der Waals surface area contributed by atoms with Crippen LogP contribution in [-0.2, 0) is 9.63 Å². The first-order valence-electron chi connectivity index (χ1n) is 6.05. The zero-order valence-corrected chi connectivity index (χ0v) is 10.3. The first-order chi connectivity index (χ1) is 8.72. The Morgan fingerprint density at radius 2 is 2.33 bits per heavy atom. The van der Waals surface area contributed by atoms with E-state index in [1.54, 1.807) is 30.0 Å². The number of amides is 2. The Bertz CT molecular complexity index is 459. The maximum absolute atomic E-state index is 11.7. The number of nitrogens with zero attached hydrogens (tertiary/aromatic N) is 1. The van der Waals surface area contributed by atoms with E-state index < -0.39 is 0 Å². The SMILES string of the molecule is CCONC(=O)c1cccc(N2CCCC2=O)c1. The lowest BCUT2D eigenvalue weighted by molar-refractivity contribution is -0.117. The average molecular weight is 248 g/mol. The molecular formula is C13H16N2O3. The van der Waals surface area contributed by atoms with Crippen molar-refractivity contribution in [1.82, 2.24) is 5.48 Å². The zero-order chi connectivity index (χ0) is 13.0. The van der Waals surface area contributed by atoms with Crippen molar-refractivity contribution in [2.45, 2.75) is 19.8 Å². The summed E-state index contributed by atoms with van der Waals surface area (Å²) < 4.78 is 0. The molecule has 0 unspecified atom stereocenters. The number of carbonyl (C=O) groups is 2. The lowest BCUT2D eigenvalue weighted by Crippen LogP contribution is -2.26. The summed E-state index contributed by atoms with van der Waals surface area (Å²) in [5.41, 5.74) is 3.59. The Morgan fingerprint density at radius 1 is 1.50 bits per heavy atom. The fourth-order valence-electron chi connectivity index (χ4n) is 1.93.